The first-order valence-corrected chi connectivity index (χ1v) is 11.0. The fraction of sp³-hybridized carbons (Fsp3) is 0.500. The number of carbonyl (C=O) groups is 1. The van der Waals surface area contributed by atoms with Crippen molar-refractivity contribution < 1.29 is 9.90 Å². The molecule has 2 aliphatic heterocycles. The number of anilines is 2. The highest BCUT2D eigenvalue weighted by Crippen LogP contribution is 2.24. The third-order valence-corrected chi connectivity index (χ3v) is 6.36. The number of halogens is 1. The number of benzene rings is 1. The molecule has 1 aromatic carbocycles. The molecule has 0 bridgehead atoms. The van der Waals surface area contributed by atoms with Gasteiger partial charge in [-0.2, -0.15) is 0 Å². The molecule has 2 saturated heterocycles. The molecule has 160 valence electrons. The van der Waals surface area contributed by atoms with Gasteiger partial charge in [-0.1, -0.05) is 29.8 Å². The molecule has 1 atom stereocenters. The predicted molar refractivity (Wildman–Crippen MR) is 118 cm³/mol. The Morgan fingerprint density at radius 2 is 1.80 bits per heavy atom. The minimum atomic E-state index is 0.106. The number of carbonyl (C=O) groups excluding carboxylic acids is 1. The van der Waals surface area contributed by atoms with E-state index in [0.717, 1.165) is 56.2 Å². The van der Waals surface area contributed by atoms with Crippen LogP contribution in [0.3, 0.4) is 0 Å². The SMILES string of the molecule is O=C(Cc1ccccc1Cl)N1CCN(c2cc(N3CCCC(CO)C3)ncn2)CC1. The van der Waals surface area contributed by atoms with Gasteiger partial charge in [0.25, 0.3) is 0 Å². The summed E-state index contributed by atoms with van der Waals surface area (Å²) in [5.41, 5.74) is 0.870. The van der Waals surface area contributed by atoms with Crippen molar-refractivity contribution >= 4 is 29.1 Å². The highest BCUT2D eigenvalue weighted by atomic mass is 35.5. The summed E-state index contributed by atoms with van der Waals surface area (Å²) in [6.45, 7) is 4.82. The smallest absolute Gasteiger partial charge is 0.227 e. The Hall–Kier alpha value is -2.38. The second-order valence-electron chi connectivity index (χ2n) is 8.01. The maximum Gasteiger partial charge on any atom is 0.227 e. The molecule has 0 radical (unpaired) electrons. The zero-order valence-electron chi connectivity index (χ0n) is 17.1. The quantitative estimate of drug-likeness (QED) is 0.785. The Morgan fingerprint density at radius 1 is 1.07 bits per heavy atom. The number of aromatic nitrogens is 2. The van der Waals surface area contributed by atoms with E-state index in [1.165, 1.54) is 0 Å². The fourth-order valence-corrected chi connectivity index (χ4v) is 4.41. The number of piperidine rings is 1. The molecule has 2 aliphatic rings. The van der Waals surface area contributed by atoms with Crippen molar-refractivity contribution in [1.29, 1.82) is 0 Å². The van der Waals surface area contributed by atoms with Crippen molar-refractivity contribution in [3.8, 4) is 0 Å². The summed E-state index contributed by atoms with van der Waals surface area (Å²) in [6, 6.07) is 9.53. The van der Waals surface area contributed by atoms with Crippen molar-refractivity contribution in [3.63, 3.8) is 0 Å². The molecule has 1 unspecified atom stereocenters. The van der Waals surface area contributed by atoms with Gasteiger partial charge in [0, 0.05) is 57.0 Å². The molecule has 1 amide bonds. The van der Waals surface area contributed by atoms with Gasteiger partial charge in [0.1, 0.15) is 18.0 Å². The minimum Gasteiger partial charge on any atom is -0.396 e. The van der Waals surface area contributed by atoms with Gasteiger partial charge in [-0.15, -0.1) is 0 Å². The number of rotatable bonds is 5. The van der Waals surface area contributed by atoms with E-state index in [-0.39, 0.29) is 12.5 Å². The molecule has 0 aliphatic carbocycles. The van der Waals surface area contributed by atoms with Crippen molar-refractivity contribution in [2.45, 2.75) is 19.3 Å². The Labute approximate surface area is 182 Å². The molecule has 8 heteroatoms. The fourth-order valence-electron chi connectivity index (χ4n) is 4.21. The van der Waals surface area contributed by atoms with Gasteiger partial charge in [0.15, 0.2) is 0 Å². The van der Waals surface area contributed by atoms with Gasteiger partial charge in [-0.25, -0.2) is 9.97 Å². The largest absolute Gasteiger partial charge is 0.396 e. The van der Waals surface area contributed by atoms with Crippen molar-refractivity contribution in [2.75, 3.05) is 55.7 Å². The summed E-state index contributed by atoms with van der Waals surface area (Å²) < 4.78 is 0. The number of hydrogen-bond acceptors (Lipinski definition) is 6. The highest BCUT2D eigenvalue weighted by molar-refractivity contribution is 6.31. The molecular weight excluding hydrogens is 402 g/mol. The Kier molecular flexibility index (Phi) is 6.69. The van der Waals surface area contributed by atoms with E-state index in [1.54, 1.807) is 6.33 Å². The maximum atomic E-state index is 12.7. The number of piperazine rings is 1. The van der Waals surface area contributed by atoms with E-state index < -0.39 is 0 Å². The highest BCUT2D eigenvalue weighted by Gasteiger charge is 2.24. The molecule has 4 rings (SSSR count). The summed E-state index contributed by atoms with van der Waals surface area (Å²) in [6.07, 6.45) is 4.08. The zero-order chi connectivity index (χ0) is 20.9. The topological polar surface area (TPSA) is 72.8 Å². The molecular formula is C22H28ClN5O2. The summed E-state index contributed by atoms with van der Waals surface area (Å²) in [7, 11) is 0. The van der Waals surface area contributed by atoms with Crippen LogP contribution in [0.4, 0.5) is 11.6 Å². The van der Waals surface area contributed by atoms with Crippen molar-refractivity contribution in [3.05, 3.63) is 47.2 Å². The first-order valence-electron chi connectivity index (χ1n) is 10.6. The summed E-state index contributed by atoms with van der Waals surface area (Å²) in [4.78, 5) is 27.9. The van der Waals surface area contributed by atoms with Gasteiger partial charge >= 0.3 is 0 Å². The van der Waals surface area contributed by atoms with Gasteiger partial charge < -0.3 is 19.8 Å². The number of nitrogens with zero attached hydrogens (tertiary/aromatic N) is 5. The Balaban J connectivity index is 1.35. The molecule has 0 spiro atoms. The first kappa shape index (κ1) is 20.9. The zero-order valence-corrected chi connectivity index (χ0v) is 17.8. The number of aliphatic hydroxyl groups is 1. The Morgan fingerprint density at radius 3 is 2.53 bits per heavy atom. The second-order valence-corrected chi connectivity index (χ2v) is 8.41. The van der Waals surface area contributed by atoms with Crippen LogP contribution in [0.15, 0.2) is 36.7 Å². The molecule has 3 heterocycles. The van der Waals surface area contributed by atoms with E-state index in [1.807, 2.05) is 35.2 Å². The van der Waals surface area contributed by atoms with E-state index in [9.17, 15) is 9.90 Å². The Bertz CT molecular complexity index is 872. The summed E-state index contributed by atoms with van der Waals surface area (Å²) >= 11 is 6.20. The van der Waals surface area contributed by atoms with E-state index in [4.69, 9.17) is 11.6 Å². The number of aliphatic hydroxyl groups excluding tert-OH is 1. The van der Waals surface area contributed by atoms with Crippen LogP contribution in [0.1, 0.15) is 18.4 Å². The lowest BCUT2D eigenvalue weighted by molar-refractivity contribution is -0.130. The summed E-state index contributed by atoms with van der Waals surface area (Å²) in [5.74, 6) is 2.22. The lowest BCUT2D eigenvalue weighted by atomic mass is 9.99. The minimum absolute atomic E-state index is 0.106. The van der Waals surface area contributed by atoms with Crippen LogP contribution in [-0.2, 0) is 11.2 Å². The average molecular weight is 430 g/mol. The third kappa shape index (κ3) is 4.84. The van der Waals surface area contributed by atoms with Crippen LogP contribution >= 0.6 is 11.6 Å². The molecule has 7 nitrogen and oxygen atoms in total. The molecule has 0 saturated carbocycles. The van der Waals surface area contributed by atoms with Crippen LogP contribution in [0.25, 0.3) is 0 Å². The number of hydrogen-bond donors (Lipinski definition) is 1. The molecule has 1 N–H and O–H groups in total. The molecule has 30 heavy (non-hydrogen) atoms. The molecule has 2 aromatic rings. The predicted octanol–water partition coefficient (Wildman–Crippen LogP) is 2.23. The average Bonchev–Trinajstić information content (AvgIpc) is 2.81. The monoisotopic (exact) mass is 429 g/mol. The van der Waals surface area contributed by atoms with Crippen LogP contribution in [-0.4, -0.2) is 71.8 Å². The summed E-state index contributed by atoms with van der Waals surface area (Å²) in [5, 5.41) is 10.1. The van der Waals surface area contributed by atoms with E-state index in [0.29, 0.717) is 30.5 Å². The van der Waals surface area contributed by atoms with E-state index in [2.05, 4.69) is 19.8 Å². The van der Waals surface area contributed by atoms with Crippen LogP contribution in [0.2, 0.25) is 5.02 Å². The maximum absolute atomic E-state index is 12.7. The lowest BCUT2D eigenvalue weighted by Gasteiger charge is -2.36. The normalized spacial score (nSPS) is 19.8. The molecule has 1 aromatic heterocycles. The standard InChI is InChI=1S/C22H28ClN5O2/c23-19-6-2-1-5-18(19)12-22(30)27-10-8-26(9-11-27)20-13-21(25-16-24-20)28-7-3-4-17(14-28)15-29/h1-2,5-6,13,16-17,29H,3-4,7-12,14-15H2. The van der Waals surface area contributed by atoms with Gasteiger partial charge in [-0.05, 0) is 30.4 Å². The van der Waals surface area contributed by atoms with Gasteiger partial charge in [0.05, 0.1) is 6.42 Å². The van der Waals surface area contributed by atoms with Crippen LogP contribution < -0.4 is 9.80 Å². The second kappa shape index (κ2) is 9.62. The van der Waals surface area contributed by atoms with Gasteiger partial charge in [0.2, 0.25) is 5.91 Å². The van der Waals surface area contributed by atoms with Crippen molar-refractivity contribution in [1.82, 2.24) is 14.9 Å². The third-order valence-electron chi connectivity index (χ3n) is 6.00. The lowest BCUT2D eigenvalue weighted by Crippen LogP contribution is -2.49. The van der Waals surface area contributed by atoms with Crippen LogP contribution in [0, 0.1) is 5.92 Å². The molecule has 2 fully saturated rings. The van der Waals surface area contributed by atoms with Gasteiger partial charge in [-0.3, -0.25) is 4.79 Å². The number of amides is 1. The van der Waals surface area contributed by atoms with Crippen molar-refractivity contribution in [2.24, 2.45) is 5.92 Å². The van der Waals surface area contributed by atoms with Crippen LogP contribution in [0.5, 0.6) is 0 Å². The van der Waals surface area contributed by atoms with E-state index >= 15 is 0 Å². The first-order chi connectivity index (χ1) is 14.6.